The lowest BCUT2D eigenvalue weighted by Crippen LogP contribution is -2.21. The van der Waals surface area contributed by atoms with Crippen molar-refractivity contribution in [2.45, 2.75) is 38.5 Å². The molecular formula is C19H31Cl2N3O. The number of anilines is 1. The molecule has 0 saturated carbocycles. The number of hydrogen-bond donors (Lipinski definition) is 2. The van der Waals surface area contributed by atoms with E-state index in [1.54, 1.807) is 0 Å². The summed E-state index contributed by atoms with van der Waals surface area (Å²) >= 11 is 0. The van der Waals surface area contributed by atoms with E-state index in [1.165, 1.54) is 37.9 Å². The molecule has 142 valence electrons. The van der Waals surface area contributed by atoms with E-state index in [1.807, 2.05) is 12.1 Å². The van der Waals surface area contributed by atoms with Crippen molar-refractivity contribution in [1.29, 1.82) is 0 Å². The number of likely N-dealkylation sites (tertiary alicyclic amines) is 1. The monoisotopic (exact) mass is 387 g/mol. The van der Waals surface area contributed by atoms with Gasteiger partial charge in [-0.15, -0.1) is 24.8 Å². The molecule has 1 atom stereocenters. The molecule has 2 saturated heterocycles. The van der Waals surface area contributed by atoms with E-state index in [9.17, 15) is 4.79 Å². The summed E-state index contributed by atoms with van der Waals surface area (Å²) in [5, 5.41) is 6.37. The molecule has 3 rings (SSSR count). The Bertz CT molecular complexity index is 498. The zero-order valence-electron chi connectivity index (χ0n) is 14.8. The van der Waals surface area contributed by atoms with Gasteiger partial charge in [0.05, 0.1) is 0 Å². The molecule has 0 radical (unpaired) electrons. The van der Waals surface area contributed by atoms with Crippen molar-refractivity contribution in [2.24, 2.45) is 5.92 Å². The first kappa shape index (κ1) is 22.2. The first-order valence-electron chi connectivity index (χ1n) is 9.11. The van der Waals surface area contributed by atoms with E-state index in [4.69, 9.17) is 0 Å². The van der Waals surface area contributed by atoms with Crippen molar-refractivity contribution in [1.82, 2.24) is 10.2 Å². The van der Waals surface area contributed by atoms with E-state index in [0.717, 1.165) is 38.2 Å². The van der Waals surface area contributed by atoms with Crippen LogP contribution in [0.2, 0.25) is 0 Å². The van der Waals surface area contributed by atoms with Crippen molar-refractivity contribution >= 4 is 36.4 Å². The standard InChI is InChI=1S/C19H29N3O.2ClH/c23-19(8-5-17-9-11-20-15-17)21-18-6-3-16(4-7-18)10-14-22-12-1-2-13-22;;/h3-4,6-7,17,20H,1-2,5,8-15H2,(H,21,23);2*1H. The molecule has 2 aliphatic rings. The molecule has 2 N–H and O–H groups in total. The minimum atomic E-state index is 0. The Morgan fingerprint density at radius 1 is 1.16 bits per heavy atom. The summed E-state index contributed by atoms with van der Waals surface area (Å²) in [6.45, 7) is 5.83. The quantitative estimate of drug-likeness (QED) is 0.752. The maximum atomic E-state index is 12.0. The summed E-state index contributed by atoms with van der Waals surface area (Å²) in [7, 11) is 0. The third-order valence-corrected chi connectivity index (χ3v) is 5.10. The Kier molecular flexibility index (Phi) is 10.4. The highest BCUT2D eigenvalue weighted by molar-refractivity contribution is 5.90. The van der Waals surface area contributed by atoms with E-state index in [0.29, 0.717) is 12.3 Å². The highest BCUT2D eigenvalue weighted by Crippen LogP contribution is 2.16. The highest BCUT2D eigenvalue weighted by atomic mass is 35.5. The molecule has 1 aromatic carbocycles. The molecule has 25 heavy (non-hydrogen) atoms. The summed E-state index contributed by atoms with van der Waals surface area (Å²) in [4.78, 5) is 14.6. The largest absolute Gasteiger partial charge is 0.326 e. The van der Waals surface area contributed by atoms with Crippen molar-refractivity contribution in [3.8, 4) is 0 Å². The molecule has 0 aliphatic carbocycles. The molecular weight excluding hydrogens is 357 g/mol. The zero-order chi connectivity index (χ0) is 15.9. The number of hydrogen-bond acceptors (Lipinski definition) is 3. The minimum Gasteiger partial charge on any atom is -0.326 e. The fourth-order valence-electron chi connectivity index (χ4n) is 3.57. The van der Waals surface area contributed by atoms with Gasteiger partial charge in [-0.1, -0.05) is 12.1 Å². The highest BCUT2D eigenvalue weighted by Gasteiger charge is 2.15. The van der Waals surface area contributed by atoms with Gasteiger partial charge in [-0.3, -0.25) is 4.79 Å². The third-order valence-electron chi connectivity index (χ3n) is 5.10. The van der Waals surface area contributed by atoms with Crippen LogP contribution in [0.15, 0.2) is 24.3 Å². The number of amides is 1. The fourth-order valence-corrected chi connectivity index (χ4v) is 3.57. The van der Waals surface area contributed by atoms with Crippen LogP contribution in [0.5, 0.6) is 0 Å². The minimum absolute atomic E-state index is 0. The fraction of sp³-hybridized carbons (Fsp3) is 0.632. The molecule has 2 aliphatic heterocycles. The summed E-state index contributed by atoms with van der Waals surface area (Å²) in [6, 6.07) is 8.36. The van der Waals surface area contributed by atoms with Gasteiger partial charge in [0.1, 0.15) is 0 Å². The van der Waals surface area contributed by atoms with Gasteiger partial charge in [0.15, 0.2) is 0 Å². The zero-order valence-corrected chi connectivity index (χ0v) is 16.5. The van der Waals surface area contributed by atoms with Crippen molar-refractivity contribution in [3.05, 3.63) is 29.8 Å². The van der Waals surface area contributed by atoms with Crippen LogP contribution in [-0.4, -0.2) is 43.5 Å². The normalized spacial score (nSPS) is 19.9. The van der Waals surface area contributed by atoms with E-state index in [2.05, 4.69) is 27.7 Å². The Morgan fingerprint density at radius 3 is 2.52 bits per heavy atom. The third kappa shape index (κ3) is 7.53. The van der Waals surface area contributed by atoms with Crippen molar-refractivity contribution in [2.75, 3.05) is 38.0 Å². The van der Waals surface area contributed by atoms with Crippen LogP contribution in [0.1, 0.15) is 37.7 Å². The van der Waals surface area contributed by atoms with Crippen LogP contribution in [0, 0.1) is 5.92 Å². The molecule has 4 nitrogen and oxygen atoms in total. The number of carbonyl (C=O) groups is 1. The summed E-state index contributed by atoms with van der Waals surface area (Å²) < 4.78 is 0. The molecule has 1 amide bonds. The molecule has 2 fully saturated rings. The van der Waals surface area contributed by atoms with Gasteiger partial charge in [0.2, 0.25) is 5.91 Å². The molecule has 1 aromatic rings. The lowest BCUT2D eigenvalue weighted by Gasteiger charge is -2.14. The van der Waals surface area contributed by atoms with Crippen molar-refractivity contribution in [3.63, 3.8) is 0 Å². The van der Waals surface area contributed by atoms with Crippen LogP contribution in [0.4, 0.5) is 5.69 Å². The molecule has 0 bridgehead atoms. The summed E-state index contributed by atoms with van der Waals surface area (Å²) in [5.74, 6) is 0.815. The number of nitrogens with one attached hydrogen (secondary N) is 2. The predicted molar refractivity (Wildman–Crippen MR) is 109 cm³/mol. The second-order valence-electron chi connectivity index (χ2n) is 6.94. The van der Waals surface area contributed by atoms with Gasteiger partial charge in [0, 0.05) is 18.7 Å². The van der Waals surface area contributed by atoms with Crippen LogP contribution < -0.4 is 10.6 Å². The second-order valence-corrected chi connectivity index (χ2v) is 6.94. The number of carbonyl (C=O) groups excluding carboxylic acids is 1. The molecule has 2 heterocycles. The molecule has 6 heteroatoms. The van der Waals surface area contributed by atoms with Crippen LogP contribution in [-0.2, 0) is 11.2 Å². The van der Waals surface area contributed by atoms with Crippen molar-refractivity contribution < 1.29 is 4.79 Å². The lowest BCUT2D eigenvalue weighted by molar-refractivity contribution is -0.116. The number of rotatable bonds is 7. The van der Waals surface area contributed by atoms with E-state index < -0.39 is 0 Å². The van der Waals surface area contributed by atoms with Gasteiger partial charge in [-0.05, 0) is 81.9 Å². The maximum absolute atomic E-state index is 12.0. The first-order valence-corrected chi connectivity index (χ1v) is 9.11. The van der Waals surface area contributed by atoms with Gasteiger partial charge < -0.3 is 15.5 Å². The smallest absolute Gasteiger partial charge is 0.224 e. The molecule has 0 aromatic heterocycles. The van der Waals surface area contributed by atoms with Crippen LogP contribution >= 0.6 is 24.8 Å². The van der Waals surface area contributed by atoms with Gasteiger partial charge in [-0.25, -0.2) is 0 Å². The number of benzene rings is 1. The molecule has 1 unspecified atom stereocenters. The van der Waals surface area contributed by atoms with Crippen LogP contribution in [0.3, 0.4) is 0 Å². The number of halogens is 2. The van der Waals surface area contributed by atoms with E-state index >= 15 is 0 Å². The SMILES string of the molecule is Cl.Cl.O=C(CCC1CCNC1)Nc1ccc(CCN2CCCC2)cc1. The first-order chi connectivity index (χ1) is 11.3. The topological polar surface area (TPSA) is 44.4 Å². The van der Waals surface area contributed by atoms with E-state index in [-0.39, 0.29) is 30.7 Å². The average molecular weight is 388 g/mol. The summed E-state index contributed by atoms with van der Waals surface area (Å²) in [5.41, 5.74) is 2.27. The Labute approximate surface area is 163 Å². The van der Waals surface area contributed by atoms with Crippen LogP contribution in [0.25, 0.3) is 0 Å². The average Bonchev–Trinajstić information content (AvgIpc) is 3.26. The Hall–Kier alpha value is -0.810. The molecule has 0 spiro atoms. The second kappa shape index (κ2) is 11.7. The Balaban J connectivity index is 0.00000156. The Morgan fingerprint density at radius 2 is 1.88 bits per heavy atom. The number of nitrogens with zero attached hydrogens (tertiary/aromatic N) is 1. The van der Waals surface area contributed by atoms with Gasteiger partial charge in [0.25, 0.3) is 0 Å². The maximum Gasteiger partial charge on any atom is 0.224 e. The van der Waals surface area contributed by atoms with Gasteiger partial charge >= 0.3 is 0 Å². The predicted octanol–water partition coefficient (Wildman–Crippen LogP) is 3.50. The summed E-state index contributed by atoms with van der Waals surface area (Å²) in [6.07, 6.45) is 6.63. The van der Waals surface area contributed by atoms with Gasteiger partial charge in [-0.2, -0.15) is 0 Å². The lowest BCUT2D eigenvalue weighted by atomic mass is 10.0.